The van der Waals surface area contributed by atoms with Crippen LogP contribution in [-0.2, 0) is 14.3 Å². The number of nitrogens with zero attached hydrogens (tertiary/aromatic N) is 2. The Morgan fingerprint density at radius 3 is 2.64 bits per heavy atom. The van der Waals surface area contributed by atoms with Crippen molar-refractivity contribution in [1.82, 2.24) is 10.3 Å². The molecule has 1 aromatic rings. The molecular formula is C15H19N3O4. The molecule has 0 saturated carbocycles. The van der Waals surface area contributed by atoms with E-state index in [0.29, 0.717) is 32.1 Å². The Kier molecular flexibility index (Phi) is 5.91. The average Bonchev–Trinajstić information content (AvgIpc) is 2.54. The molecule has 0 spiro atoms. The van der Waals surface area contributed by atoms with Crippen molar-refractivity contribution in [1.29, 1.82) is 0 Å². The standard InChI is InChI=1S/C15H19N3O4/c1-12(19)17-16-10-13-2-4-14(5-3-13)22-11-15(20)18-6-8-21-9-7-18/h2-5,10H,6-9,11H2,1H3,(H,17,19). The van der Waals surface area contributed by atoms with E-state index in [1.54, 1.807) is 29.2 Å². The summed E-state index contributed by atoms with van der Waals surface area (Å²) in [6.45, 7) is 3.78. The van der Waals surface area contributed by atoms with Gasteiger partial charge in [0.05, 0.1) is 19.4 Å². The van der Waals surface area contributed by atoms with Gasteiger partial charge in [0.15, 0.2) is 6.61 Å². The third kappa shape index (κ3) is 5.17. The number of amides is 2. The molecule has 0 atom stereocenters. The van der Waals surface area contributed by atoms with Gasteiger partial charge in [0.1, 0.15) is 5.75 Å². The van der Waals surface area contributed by atoms with Gasteiger partial charge >= 0.3 is 0 Å². The van der Waals surface area contributed by atoms with Gasteiger partial charge in [-0.05, 0) is 29.8 Å². The van der Waals surface area contributed by atoms with E-state index in [-0.39, 0.29) is 18.4 Å². The van der Waals surface area contributed by atoms with Crippen LogP contribution in [0, 0.1) is 0 Å². The fourth-order valence-corrected chi connectivity index (χ4v) is 1.90. The van der Waals surface area contributed by atoms with Gasteiger partial charge in [0, 0.05) is 20.0 Å². The molecule has 1 aliphatic rings. The Balaban J connectivity index is 1.79. The summed E-state index contributed by atoms with van der Waals surface area (Å²) < 4.78 is 10.7. The summed E-state index contributed by atoms with van der Waals surface area (Å²) in [5.41, 5.74) is 3.14. The smallest absolute Gasteiger partial charge is 0.260 e. The van der Waals surface area contributed by atoms with E-state index in [0.717, 1.165) is 5.56 Å². The highest BCUT2D eigenvalue weighted by Gasteiger charge is 2.16. The van der Waals surface area contributed by atoms with E-state index in [1.807, 2.05) is 0 Å². The molecule has 0 aromatic heterocycles. The Labute approximate surface area is 128 Å². The zero-order valence-corrected chi connectivity index (χ0v) is 12.4. The molecule has 7 heteroatoms. The van der Waals surface area contributed by atoms with Crippen LogP contribution in [0.25, 0.3) is 0 Å². The van der Waals surface area contributed by atoms with Crippen LogP contribution >= 0.6 is 0 Å². The second kappa shape index (κ2) is 8.14. The van der Waals surface area contributed by atoms with E-state index in [4.69, 9.17) is 9.47 Å². The summed E-state index contributed by atoms with van der Waals surface area (Å²) >= 11 is 0. The first-order valence-electron chi connectivity index (χ1n) is 7.03. The van der Waals surface area contributed by atoms with Gasteiger partial charge in [-0.3, -0.25) is 9.59 Å². The number of carbonyl (C=O) groups excluding carboxylic acids is 2. The fraction of sp³-hybridized carbons (Fsp3) is 0.400. The van der Waals surface area contributed by atoms with Crippen LogP contribution in [0.2, 0.25) is 0 Å². The maximum Gasteiger partial charge on any atom is 0.260 e. The lowest BCUT2D eigenvalue weighted by Gasteiger charge is -2.26. The van der Waals surface area contributed by atoms with Gasteiger partial charge in [-0.25, -0.2) is 5.43 Å². The summed E-state index contributed by atoms with van der Waals surface area (Å²) in [5.74, 6) is 0.343. The van der Waals surface area contributed by atoms with Crippen molar-refractivity contribution in [2.75, 3.05) is 32.9 Å². The monoisotopic (exact) mass is 305 g/mol. The summed E-state index contributed by atoms with van der Waals surface area (Å²) in [7, 11) is 0. The average molecular weight is 305 g/mol. The topological polar surface area (TPSA) is 80.2 Å². The van der Waals surface area contributed by atoms with E-state index < -0.39 is 0 Å². The molecule has 1 aliphatic heterocycles. The molecule has 2 rings (SSSR count). The van der Waals surface area contributed by atoms with Crippen LogP contribution in [0.3, 0.4) is 0 Å². The van der Waals surface area contributed by atoms with Crippen molar-refractivity contribution < 1.29 is 19.1 Å². The van der Waals surface area contributed by atoms with Crippen LogP contribution in [0.15, 0.2) is 29.4 Å². The molecule has 1 heterocycles. The molecule has 0 unspecified atom stereocenters. The van der Waals surface area contributed by atoms with Crippen LogP contribution in [-0.4, -0.2) is 55.8 Å². The van der Waals surface area contributed by atoms with Crippen molar-refractivity contribution in [2.24, 2.45) is 5.10 Å². The second-order valence-corrected chi connectivity index (χ2v) is 4.78. The predicted molar refractivity (Wildman–Crippen MR) is 80.7 cm³/mol. The SMILES string of the molecule is CC(=O)NN=Cc1ccc(OCC(=O)N2CCOCC2)cc1. The van der Waals surface area contributed by atoms with Crippen molar-refractivity contribution in [3.63, 3.8) is 0 Å². The maximum absolute atomic E-state index is 11.9. The highest BCUT2D eigenvalue weighted by molar-refractivity contribution is 5.82. The number of rotatable bonds is 5. The Hall–Kier alpha value is -2.41. The van der Waals surface area contributed by atoms with Crippen LogP contribution in [0.1, 0.15) is 12.5 Å². The first kappa shape index (κ1) is 16.0. The van der Waals surface area contributed by atoms with Gasteiger partial charge in [-0.15, -0.1) is 0 Å². The first-order chi connectivity index (χ1) is 10.6. The maximum atomic E-state index is 11.9. The number of hydrogen-bond donors (Lipinski definition) is 1. The minimum atomic E-state index is -0.224. The minimum absolute atomic E-state index is 0.0132. The van der Waals surface area contributed by atoms with E-state index in [1.165, 1.54) is 13.1 Å². The van der Waals surface area contributed by atoms with Crippen molar-refractivity contribution in [3.05, 3.63) is 29.8 Å². The number of benzene rings is 1. The van der Waals surface area contributed by atoms with Gasteiger partial charge in [-0.2, -0.15) is 5.10 Å². The summed E-state index contributed by atoms with van der Waals surface area (Å²) in [6, 6.07) is 7.09. The van der Waals surface area contributed by atoms with Crippen molar-refractivity contribution in [3.8, 4) is 5.75 Å². The van der Waals surface area contributed by atoms with Gasteiger partial charge < -0.3 is 14.4 Å². The number of carbonyl (C=O) groups is 2. The minimum Gasteiger partial charge on any atom is -0.484 e. The van der Waals surface area contributed by atoms with E-state index >= 15 is 0 Å². The quantitative estimate of drug-likeness (QED) is 0.630. The molecule has 118 valence electrons. The number of nitrogens with one attached hydrogen (secondary N) is 1. The fourth-order valence-electron chi connectivity index (χ4n) is 1.90. The molecule has 1 saturated heterocycles. The van der Waals surface area contributed by atoms with Crippen molar-refractivity contribution >= 4 is 18.0 Å². The third-order valence-corrected chi connectivity index (χ3v) is 3.04. The Morgan fingerprint density at radius 1 is 1.32 bits per heavy atom. The molecule has 7 nitrogen and oxygen atoms in total. The highest BCUT2D eigenvalue weighted by atomic mass is 16.5. The number of morpholine rings is 1. The zero-order valence-electron chi connectivity index (χ0n) is 12.4. The molecule has 0 bridgehead atoms. The molecule has 1 N–H and O–H groups in total. The molecule has 1 fully saturated rings. The summed E-state index contributed by atoms with van der Waals surface area (Å²) in [5, 5.41) is 3.77. The Bertz CT molecular complexity index is 536. The molecule has 0 radical (unpaired) electrons. The summed E-state index contributed by atoms with van der Waals surface area (Å²) in [6.07, 6.45) is 1.53. The largest absolute Gasteiger partial charge is 0.484 e. The third-order valence-electron chi connectivity index (χ3n) is 3.04. The lowest BCUT2D eigenvalue weighted by atomic mass is 10.2. The number of hydrogen-bond acceptors (Lipinski definition) is 5. The van der Waals surface area contributed by atoms with Gasteiger partial charge in [-0.1, -0.05) is 0 Å². The van der Waals surface area contributed by atoms with Crippen LogP contribution < -0.4 is 10.2 Å². The predicted octanol–water partition coefficient (Wildman–Crippen LogP) is 0.394. The lowest BCUT2D eigenvalue weighted by molar-refractivity contribution is -0.137. The Morgan fingerprint density at radius 2 is 2.00 bits per heavy atom. The van der Waals surface area contributed by atoms with Crippen molar-refractivity contribution in [2.45, 2.75) is 6.92 Å². The van der Waals surface area contributed by atoms with E-state index in [2.05, 4.69) is 10.5 Å². The summed E-state index contributed by atoms with van der Waals surface area (Å²) in [4.78, 5) is 24.3. The van der Waals surface area contributed by atoms with Crippen LogP contribution in [0.4, 0.5) is 0 Å². The lowest BCUT2D eigenvalue weighted by Crippen LogP contribution is -2.42. The molecule has 2 amide bonds. The zero-order chi connectivity index (χ0) is 15.8. The highest BCUT2D eigenvalue weighted by Crippen LogP contribution is 2.11. The normalized spacial score (nSPS) is 14.9. The molecular weight excluding hydrogens is 286 g/mol. The van der Waals surface area contributed by atoms with Gasteiger partial charge in [0.25, 0.3) is 5.91 Å². The number of ether oxygens (including phenoxy) is 2. The first-order valence-corrected chi connectivity index (χ1v) is 7.03. The molecule has 0 aliphatic carbocycles. The van der Waals surface area contributed by atoms with Crippen LogP contribution in [0.5, 0.6) is 5.75 Å². The molecule has 22 heavy (non-hydrogen) atoms. The molecule has 1 aromatic carbocycles. The van der Waals surface area contributed by atoms with Gasteiger partial charge in [0.2, 0.25) is 5.91 Å². The number of hydrazone groups is 1. The second-order valence-electron chi connectivity index (χ2n) is 4.78. The van der Waals surface area contributed by atoms with E-state index in [9.17, 15) is 9.59 Å².